The van der Waals surface area contributed by atoms with Crippen LogP contribution in [-0.4, -0.2) is 40.3 Å². The molecular formula is C18H30O8S2. The van der Waals surface area contributed by atoms with Gasteiger partial charge in [0.2, 0.25) is 0 Å². The number of hydrogen-bond acceptors (Lipinski definition) is 8. The molecule has 2 aliphatic carbocycles. The van der Waals surface area contributed by atoms with Crippen LogP contribution in [-0.2, 0) is 38.2 Å². The molecule has 2 fully saturated rings. The number of hydrogen-bond donors (Lipinski definition) is 0. The van der Waals surface area contributed by atoms with Crippen molar-refractivity contribution >= 4 is 32.2 Å². The Labute approximate surface area is 167 Å². The Kier molecular flexibility index (Phi) is 8.73. The molecule has 0 aliphatic heterocycles. The zero-order valence-corrected chi connectivity index (χ0v) is 17.8. The van der Waals surface area contributed by atoms with E-state index < -0.39 is 43.7 Å². The number of carbonyl (C=O) groups excluding carboxylic acids is 2. The summed E-state index contributed by atoms with van der Waals surface area (Å²) in [6.45, 7) is 0. The van der Waals surface area contributed by atoms with Crippen molar-refractivity contribution in [1.82, 2.24) is 0 Å². The summed E-state index contributed by atoms with van der Waals surface area (Å²) in [7, 11) is -8.08. The molecule has 28 heavy (non-hydrogen) atoms. The molecule has 0 aromatic carbocycles. The van der Waals surface area contributed by atoms with Gasteiger partial charge in [-0.3, -0.25) is 9.59 Å². The van der Waals surface area contributed by atoms with Crippen LogP contribution in [0, 0.1) is 11.8 Å². The van der Waals surface area contributed by atoms with Crippen molar-refractivity contribution in [2.75, 3.05) is 11.5 Å². The van der Waals surface area contributed by atoms with Crippen molar-refractivity contribution < 1.29 is 34.8 Å². The van der Waals surface area contributed by atoms with Crippen LogP contribution < -0.4 is 0 Å². The summed E-state index contributed by atoms with van der Waals surface area (Å²) in [5.41, 5.74) is 0. The molecule has 10 heteroatoms. The molecular weight excluding hydrogens is 408 g/mol. The van der Waals surface area contributed by atoms with Gasteiger partial charge in [-0.2, -0.15) is 16.8 Å². The van der Waals surface area contributed by atoms with Crippen molar-refractivity contribution in [1.29, 1.82) is 0 Å². The highest BCUT2D eigenvalue weighted by atomic mass is 32.2. The van der Waals surface area contributed by atoms with Crippen molar-refractivity contribution in [3.05, 3.63) is 0 Å². The van der Waals surface area contributed by atoms with E-state index in [0.717, 1.165) is 38.5 Å². The third kappa shape index (κ3) is 8.06. The Balaban J connectivity index is 1.69. The van der Waals surface area contributed by atoms with Crippen LogP contribution >= 0.6 is 0 Å². The minimum atomic E-state index is -4.04. The van der Waals surface area contributed by atoms with Gasteiger partial charge < -0.3 is 8.37 Å². The first-order valence-corrected chi connectivity index (χ1v) is 13.3. The molecule has 8 nitrogen and oxygen atoms in total. The molecule has 2 aliphatic rings. The summed E-state index contributed by atoms with van der Waals surface area (Å²) >= 11 is 0. The second kappa shape index (κ2) is 10.6. The Morgan fingerprint density at radius 2 is 0.929 bits per heavy atom. The average Bonchev–Trinajstić information content (AvgIpc) is 2.66. The molecule has 0 aromatic heterocycles. The number of rotatable bonds is 9. The molecule has 0 radical (unpaired) electrons. The van der Waals surface area contributed by atoms with Gasteiger partial charge in [0.25, 0.3) is 0 Å². The minimum absolute atomic E-state index is 0.000485. The maximum Gasteiger partial charge on any atom is 0.325 e. The molecule has 0 saturated heterocycles. The topological polar surface area (TPSA) is 121 Å². The molecule has 0 heterocycles. The van der Waals surface area contributed by atoms with E-state index in [-0.39, 0.29) is 24.7 Å². The maximum atomic E-state index is 11.9. The molecule has 162 valence electrons. The van der Waals surface area contributed by atoms with Gasteiger partial charge in [0.05, 0.1) is 23.3 Å². The van der Waals surface area contributed by atoms with E-state index in [1.54, 1.807) is 0 Å². The summed E-state index contributed by atoms with van der Waals surface area (Å²) in [5, 5.41) is 0. The van der Waals surface area contributed by atoms with Crippen LogP contribution in [0.25, 0.3) is 0 Å². The lowest BCUT2D eigenvalue weighted by atomic mass is 9.90. The molecule has 2 rings (SSSR count). The summed E-state index contributed by atoms with van der Waals surface area (Å²) in [4.78, 5) is 23.8. The van der Waals surface area contributed by atoms with Gasteiger partial charge in [0.1, 0.15) is 0 Å². The standard InChI is InChI=1S/C18H30O8S2/c19-17(15-9-3-1-4-10-15)25-27(21,22)13-7-8-14-28(23,24)26-18(20)16-11-5-2-6-12-16/h15-16H,1-14H2. The van der Waals surface area contributed by atoms with Crippen molar-refractivity contribution in [2.45, 2.75) is 77.0 Å². The zero-order valence-electron chi connectivity index (χ0n) is 16.1. The van der Waals surface area contributed by atoms with Gasteiger partial charge >= 0.3 is 32.2 Å². The van der Waals surface area contributed by atoms with E-state index >= 15 is 0 Å². The normalized spacial score (nSPS) is 19.9. The Morgan fingerprint density at radius 1 is 0.607 bits per heavy atom. The van der Waals surface area contributed by atoms with Crippen LogP contribution in [0.3, 0.4) is 0 Å². The van der Waals surface area contributed by atoms with Gasteiger partial charge in [0.15, 0.2) is 0 Å². The fourth-order valence-corrected chi connectivity index (χ4v) is 5.76. The predicted octanol–water partition coefficient (Wildman–Crippen LogP) is 2.67. The number of carbonyl (C=O) groups is 2. The van der Waals surface area contributed by atoms with Crippen LogP contribution in [0.5, 0.6) is 0 Å². The summed E-state index contributed by atoms with van der Waals surface area (Å²) in [6, 6.07) is 0. The van der Waals surface area contributed by atoms with Crippen LogP contribution in [0.1, 0.15) is 77.0 Å². The van der Waals surface area contributed by atoms with Crippen molar-refractivity contribution in [3.63, 3.8) is 0 Å². The first-order chi connectivity index (χ1) is 13.2. The first-order valence-electron chi connectivity index (χ1n) is 10.1. The van der Waals surface area contributed by atoms with E-state index in [4.69, 9.17) is 0 Å². The molecule has 2 saturated carbocycles. The molecule has 0 spiro atoms. The van der Waals surface area contributed by atoms with Crippen molar-refractivity contribution in [3.8, 4) is 0 Å². The Morgan fingerprint density at radius 3 is 1.25 bits per heavy atom. The van der Waals surface area contributed by atoms with Gasteiger partial charge in [-0.1, -0.05) is 38.5 Å². The SMILES string of the molecule is O=C(OS(=O)(=O)CCCCS(=O)(=O)OC(=O)C1CCCCC1)C1CCCCC1. The van der Waals surface area contributed by atoms with Gasteiger partial charge in [-0.15, -0.1) is 0 Å². The molecule has 0 unspecified atom stereocenters. The highest BCUT2D eigenvalue weighted by Gasteiger charge is 2.28. The molecule has 0 bridgehead atoms. The van der Waals surface area contributed by atoms with E-state index in [2.05, 4.69) is 8.37 Å². The first kappa shape index (κ1) is 23.1. The highest BCUT2D eigenvalue weighted by molar-refractivity contribution is 7.87. The molecule has 0 N–H and O–H groups in total. The van der Waals surface area contributed by atoms with Gasteiger partial charge in [-0.25, -0.2) is 0 Å². The number of unbranched alkanes of at least 4 members (excludes halogenated alkanes) is 1. The lowest BCUT2D eigenvalue weighted by Gasteiger charge is -2.19. The van der Waals surface area contributed by atoms with Crippen LogP contribution in [0.15, 0.2) is 0 Å². The largest absolute Gasteiger partial charge is 0.345 e. The monoisotopic (exact) mass is 438 g/mol. The smallest absolute Gasteiger partial charge is 0.325 e. The third-order valence-corrected chi connectivity index (χ3v) is 7.75. The molecule has 0 aromatic rings. The van der Waals surface area contributed by atoms with Gasteiger partial charge in [0, 0.05) is 0 Å². The molecule has 0 atom stereocenters. The second-order valence-electron chi connectivity index (χ2n) is 7.71. The lowest BCUT2D eigenvalue weighted by Crippen LogP contribution is -2.26. The fourth-order valence-electron chi connectivity index (χ4n) is 3.70. The summed E-state index contributed by atoms with van der Waals surface area (Å²) < 4.78 is 57.0. The highest BCUT2D eigenvalue weighted by Crippen LogP contribution is 2.26. The maximum absolute atomic E-state index is 11.9. The van der Waals surface area contributed by atoms with Gasteiger partial charge in [-0.05, 0) is 38.5 Å². The second-order valence-corrected chi connectivity index (χ2v) is 11.1. The van der Waals surface area contributed by atoms with Crippen LogP contribution in [0.2, 0.25) is 0 Å². The van der Waals surface area contributed by atoms with E-state index in [1.807, 2.05) is 0 Å². The van der Waals surface area contributed by atoms with E-state index in [1.165, 1.54) is 0 Å². The fraction of sp³-hybridized carbons (Fsp3) is 0.889. The Hall–Kier alpha value is -1.16. The summed E-state index contributed by atoms with van der Waals surface area (Å²) in [5.74, 6) is -3.07. The van der Waals surface area contributed by atoms with E-state index in [9.17, 15) is 26.4 Å². The lowest BCUT2D eigenvalue weighted by molar-refractivity contribution is -0.140. The third-order valence-electron chi connectivity index (χ3n) is 5.33. The van der Waals surface area contributed by atoms with Crippen molar-refractivity contribution in [2.24, 2.45) is 11.8 Å². The van der Waals surface area contributed by atoms with E-state index in [0.29, 0.717) is 25.7 Å². The minimum Gasteiger partial charge on any atom is -0.345 e. The Bertz CT molecular complexity index is 666. The average molecular weight is 439 g/mol. The summed E-state index contributed by atoms with van der Waals surface area (Å²) in [6.07, 6.45) is 8.17. The quantitative estimate of drug-likeness (QED) is 0.398. The predicted molar refractivity (Wildman–Crippen MR) is 102 cm³/mol. The van der Waals surface area contributed by atoms with Crippen LogP contribution in [0.4, 0.5) is 0 Å². The molecule has 0 amide bonds. The zero-order chi connectivity index (χ0) is 20.6.